The summed E-state index contributed by atoms with van der Waals surface area (Å²) < 4.78 is 5.72. The molecule has 2 unspecified atom stereocenters. The lowest BCUT2D eigenvalue weighted by molar-refractivity contribution is 0.0679. The zero-order valence-electron chi connectivity index (χ0n) is 13.6. The quantitative estimate of drug-likeness (QED) is 0.742. The van der Waals surface area contributed by atoms with Gasteiger partial charge in [-0.05, 0) is 58.0 Å². The summed E-state index contributed by atoms with van der Waals surface area (Å²) >= 11 is 0. The maximum Gasteiger partial charge on any atom is 0.0576 e. The van der Waals surface area contributed by atoms with Crippen molar-refractivity contribution in [3.63, 3.8) is 0 Å². The number of hydrogen-bond donors (Lipinski definition) is 1. The Kier molecular flexibility index (Phi) is 6.31. The molecule has 1 saturated heterocycles. The Morgan fingerprint density at radius 3 is 2.45 bits per heavy atom. The lowest BCUT2D eigenvalue weighted by Crippen LogP contribution is -2.58. The first kappa shape index (κ1) is 16.3. The van der Waals surface area contributed by atoms with Crippen molar-refractivity contribution in [2.24, 2.45) is 5.73 Å². The van der Waals surface area contributed by atoms with Gasteiger partial charge in [0, 0.05) is 18.2 Å². The van der Waals surface area contributed by atoms with Crippen LogP contribution in [-0.4, -0.2) is 42.3 Å². The number of nitrogens with zero attached hydrogens (tertiary/aromatic N) is 1. The Morgan fingerprint density at radius 1 is 1.20 bits per heavy atom. The van der Waals surface area contributed by atoms with E-state index in [1.807, 2.05) is 0 Å². The fourth-order valence-electron chi connectivity index (χ4n) is 4.47. The molecule has 2 aliphatic rings. The molecule has 2 atom stereocenters. The van der Waals surface area contributed by atoms with Crippen LogP contribution in [-0.2, 0) is 4.74 Å². The fraction of sp³-hybridized carbons (Fsp3) is 1.00. The first-order chi connectivity index (χ1) is 9.73. The van der Waals surface area contributed by atoms with Crippen molar-refractivity contribution in [3.05, 3.63) is 0 Å². The van der Waals surface area contributed by atoms with Gasteiger partial charge in [-0.15, -0.1) is 0 Å². The Balaban J connectivity index is 1.84. The molecule has 20 heavy (non-hydrogen) atoms. The van der Waals surface area contributed by atoms with Crippen LogP contribution in [0, 0.1) is 0 Å². The number of hydrogen-bond acceptors (Lipinski definition) is 3. The van der Waals surface area contributed by atoms with Crippen LogP contribution < -0.4 is 5.73 Å². The number of rotatable bonds is 8. The molecule has 2 N–H and O–H groups in total. The maximum absolute atomic E-state index is 6.67. The second-order valence-electron chi connectivity index (χ2n) is 6.66. The molecular weight excluding hydrogens is 248 g/mol. The predicted molar refractivity (Wildman–Crippen MR) is 84.9 cm³/mol. The van der Waals surface area contributed by atoms with E-state index in [1.165, 1.54) is 51.4 Å². The summed E-state index contributed by atoms with van der Waals surface area (Å²) in [6.07, 6.45) is 12.0. The van der Waals surface area contributed by atoms with Gasteiger partial charge >= 0.3 is 0 Å². The van der Waals surface area contributed by atoms with Crippen molar-refractivity contribution in [1.29, 1.82) is 0 Å². The van der Waals surface area contributed by atoms with Gasteiger partial charge < -0.3 is 10.5 Å². The van der Waals surface area contributed by atoms with Crippen molar-refractivity contribution >= 4 is 0 Å². The van der Waals surface area contributed by atoms with Crippen molar-refractivity contribution in [2.75, 3.05) is 19.7 Å². The fourth-order valence-corrected chi connectivity index (χ4v) is 4.47. The summed E-state index contributed by atoms with van der Waals surface area (Å²) in [4.78, 5) is 2.64. The van der Waals surface area contributed by atoms with Crippen LogP contribution in [0.15, 0.2) is 0 Å². The molecule has 0 aromatic rings. The van der Waals surface area contributed by atoms with Crippen molar-refractivity contribution in [1.82, 2.24) is 4.90 Å². The monoisotopic (exact) mass is 282 g/mol. The number of nitrogens with two attached hydrogens (primary N) is 1. The molecule has 0 aromatic carbocycles. The molecule has 0 aromatic heterocycles. The average molecular weight is 282 g/mol. The topological polar surface area (TPSA) is 38.5 Å². The Morgan fingerprint density at radius 2 is 1.90 bits per heavy atom. The Hall–Kier alpha value is -0.120. The highest BCUT2D eigenvalue weighted by atomic mass is 16.5. The minimum absolute atomic E-state index is 0.292. The van der Waals surface area contributed by atoms with E-state index in [0.29, 0.717) is 17.7 Å². The minimum Gasteiger partial charge on any atom is -0.378 e. The van der Waals surface area contributed by atoms with Gasteiger partial charge in [-0.25, -0.2) is 0 Å². The Bertz CT molecular complexity index is 266. The highest BCUT2D eigenvalue weighted by molar-refractivity contribution is 5.01. The van der Waals surface area contributed by atoms with Gasteiger partial charge in [0.15, 0.2) is 0 Å². The third kappa shape index (κ3) is 3.55. The average Bonchev–Trinajstić information content (AvgIpc) is 3.12. The molecule has 1 aliphatic heterocycles. The molecule has 1 heterocycles. The van der Waals surface area contributed by atoms with Crippen molar-refractivity contribution in [3.8, 4) is 0 Å². The van der Waals surface area contributed by atoms with Crippen LogP contribution in [0.3, 0.4) is 0 Å². The van der Waals surface area contributed by atoms with Crippen LogP contribution in [0.1, 0.15) is 71.6 Å². The largest absolute Gasteiger partial charge is 0.378 e. The molecule has 118 valence electrons. The molecule has 2 fully saturated rings. The summed E-state index contributed by atoms with van der Waals surface area (Å²) in [7, 11) is 0. The van der Waals surface area contributed by atoms with E-state index in [4.69, 9.17) is 10.5 Å². The third-order valence-electron chi connectivity index (χ3n) is 5.62. The molecule has 3 heteroatoms. The van der Waals surface area contributed by atoms with Gasteiger partial charge in [-0.2, -0.15) is 0 Å². The van der Waals surface area contributed by atoms with Crippen molar-refractivity contribution in [2.45, 2.75) is 89.3 Å². The minimum atomic E-state index is 0.292. The lowest BCUT2D eigenvalue weighted by Gasteiger charge is -2.45. The molecule has 1 aliphatic carbocycles. The lowest BCUT2D eigenvalue weighted by atomic mass is 9.83. The summed E-state index contributed by atoms with van der Waals surface area (Å²) in [5.74, 6) is 0. The van der Waals surface area contributed by atoms with Gasteiger partial charge in [-0.1, -0.05) is 26.7 Å². The van der Waals surface area contributed by atoms with Gasteiger partial charge in [0.05, 0.1) is 6.10 Å². The number of ether oxygens (including phenoxy) is 1. The smallest absolute Gasteiger partial charge is 0.0576 e. The molecule has 3 nitrogen and oxygen atoms in total. The van der Waals surface area contributed by atoms with E-state index in [0.717, 1.165) is 26.1 Å². The standard InChI is InChI=1S/C17H34N2O/c1-3-19(4-2)17(12-5-6-13-17)16(18)11-7-9-15-10-8-14-20-15/h15-16H,3-14,18H2,1-2H3. The zero-order valence-corrected chi connectivity index (χ0v) is 13.6. The Labute approximate surface area is 125 Å². The molecule has 0 radical (unpaired) electrons. The van der Waals surface area contributed by atoms with E-state index in [-0.39, 0.29) is 0 Å². The first-order valence-electron chi connectivity index (χ1n) is 8.85. The molecule has 1 saturated carbocycles. The highest BCUT2D eigenvalue weighted by Crippen LogP contribution is 2.39. The van der Waals surface area contributed by atoms with Crippen LogP contribution in [0.4, 0.5) is 0 Å². The summed E-state index contributed by atoms with van der Waals surface area (Å²) in [5.41, 5.74) is 6.96. The normalized spacial score (nSPS) is 27.3. The maximum atomic E-state index is 6.67. The molecule has 2 rings (SSSR count). The van der Waals surface area contributed by atoms with E-state index in [1.54, 1.807) is 0 Å². The highest BCUT2D eigenvalue weighted by Gasteiger charge is 2.42. The van der Waals surface area contributed by atoms with Crippen LogP contribution in [0.5, 0.6) is 0 Å². The SMILES string of the molecule is CCN(CC)C1(C(N)CCCC2CCCO2)CCCC1. The zero-order chi connectivity index (χ0) is 14.4. The van der Waals surface area contributed by atoms with Crippen LogP contribution in [0.25, 0.3) is 0 Å². The van der Waals surface area contributed by atoms with Gasteiger partial charge in [0.1, 0.15) is 0 Å². The summed E-state index contributed by atoms with van der Waals surface area (Å²) in [6, 6.07) is 0.339. The first-order valence-corrected chi connectivity index (χ1v) is 8.85. The van der Waals surface area contributed by atoms with E-state index >= 15 is 0 Å². The second-order valence-corrected chi connectivity index (χ2v) is 6.66. The van der Waals surface area contributed by atoms with E-state index in [2.05, 4.69) is 18.7 Å². The van der Waals surface area contributed by atoms with Gasteiger partial charge in [0.2, 0.25) is 0 Å². The third-order valence-corrected chi connectivity index (χ3v) is 5.62. The molecule has 0 spiro atoms. The van der Waals surface area contributed by atoms with Gasteiger partial charge in [0.25, 0.3) is 0 Å². The summed E-state index contributed by atoms with van der Waals surface area (Å²) in [5, 5.41) is 0. The van der Waals surface area contributed by atoms with E-state index < -0.39 is 0 Å². The van der Waals surface area contributed by atoms with Crippen LogP contribution >= 0.6 is 0 Å². The predicted octanol–water partition coefficient (Wildman–Crippen LogP) is 3.32. The summed E-state index contributed by atoms with van der Waals surface area (Å²) in [6.45, 7) is 7.80. The molecular formula is C17H34N2O. The van der Waals surface area contributed by atoms with Crippen molar-refractivity contribution < 1.29 is 4.74 Å². The van der Waals surface area contributed by atoms with E-state index in [9.17, 15) is 0 Å². The molecule has 0 amide bonds. The van der Waals surface area contributed by atoms with Gasteiger partial charge in [-0.3, -0.25) is 4.90 Å². The number of likely N-dealkylation sites (N-methyl/N-ethyl adjacent to an activating group) is 1. The second kappa shape index (κ2) is 7.77. The molecule has 0 bridgehead atoms. The van der Waals surface area contributed by atoms with Crippen LogP contribution in [0.2, 0.25) is 0 Å².